The van der Waals surface area contributed by atoms with Crippen molar-refractivity contribution in [3.8, 4) is 0 Å². The van der Waals surface area contributed by atoms with E-state index in [0.29, 0.717) is 31.9 Å². The first-order chi connectivity index (χ1) is 8.29. The van der Waals surface area contributed by atoms with Crippen molar-refractivity contribution in [2.24, 2.45) is 0 Å². The van der Waals surface area contributed by atoms with Crippen molar-refractivity contribution >= 4 is 18.1 Å². The Kier molecular flexibility index (Phi) is 3.54. The van der Waals surface area contributed by atoms with Crippen LogP contribution in [0.15, 0.2) is 24.5 Å². The van der Waals surface area contributed by atoms with Crippen molar-refractivity contribution in [2.75, 3.05) is 31.5 Å². The molecule has 1 aromatic heterocycles. The number of carbonyl (C=O) groups excluding carboxylic acids is 2. The zero-order valence-electron chi connectivity index (χ0n) is 9.37. The first kappa shape index (κ1) is 11.4. The molecule has 0 atom stereocenters. The number of piperazine rings is 1. The van der Waals surface area contributed by atoms with Crippen LogP contribution in [0.25, 0.3) is 0 Å². The quantitative estimate of drug-likeness (QED) is 0.753. The number of anilines is 1. The Morgan fingerprint density at radius 2 is 2.12 bits per heavy atom. The van der Waals surface area contributed by atoms with Gasteiger partial charge in [0.2, 0.25) is 6.41 Å². The van der Waals surface area contributed by atoms with E-state index in [-0.39, 0.29) is 6.03 Å². The van der Waals surface area contributed by atoms with E-state index in [1.54, 1.807) is 34.3 Å². The molecule has 1 fully saturated rings. The van der Waals surface area contributed by atoms with Crippen molar-refractivity contribution in [1.29, 1.82) is 0 Å². The van der Waals surface area contributed by atoms with Crippen molar-refractivity contribution < 1.29 is 9.59 Å². The Hall–Kier alpha value is -2.11. The van der Waals surface area contributed by atoms with Crippen LogP contribution >= 0.6 is 0 Å². The number of hydrogen-bond acceptors (Lipinski definition) is 3. The summed E-state index contributed by atoms with van der Waals surface area (Å²) < 4.78 is 0. The summed E-state index contributed by atoms with van der Waals surface area (Å²) in [6, 6.07) is 3.40. The van der Waals surface area contributed by atoms with Gasteiger partial charge in [-0.1, -0.05) is 0 Å². The van der Waals surface area contributed by atoms with Gasteiger partial charge >= 0.3 is 6.03 Å². The number of nitrogens with one attached hydrogen (secondary N) is 1. The van der Waals surface area contributed by atoms with Gasteiger partial charge in [0.05, 0.1) is 11.9 Å². The maximum absolute atomic E-state index is 11.8. The van der Waals surface area contributed by atoms with Gasteiger partial charge in [-0.15, -0.1) is 0 Å². The molecule has 17 heavy (non-hydrogen) atoms. The van der Waals surface area contributed by atoms with E-state index in [4.69, 9.17) is 0 Å². The maximum atomic E-state index is 11.8. The van der Waals surface area contributed by atoms with Crippen LogP contribution in [0.4, 0.5) is 10.5 Å². The zero-order chi connectivity index (χ0) is 12.1. The van der Waals surface area contributed by atoms with E-state index < -0.39 is 0 Å². The van der Waals surface area contributed by atoms with Crippen LogP contribution in [-0.2, 0) is 4.79 Å². The molecule has 0 radical (unpaired) electrons. The standard InChI is InChI=1S/C11H14N4O2/c16-9-14-4-6-15(7-5-14)11(17)13-10-2-1-3-12-8-10/h1-3,8-9H,4-7H2,(H,13,17). The minimum absolute atomic E-state index is 0.149. The zero-order valence-corrected chi connectivity index (χ0v) is 9.37. The van der Waals surface area contributed by atoms with Gasteiger partial charge in [-0.3, -0.25) is 9.78 Å². The number of amides is 3. The van der Waals surface area contributed by atoms with Crippen LogP contribution < -0.4 is 5.32 Å². The van der Waals surface area contributed by atoms with Crippen LogP contribution in [-0.4, -0.2) is 53.4 Å². The fraction of sp³-hybridized carbons (Fsp3) is 0.364. The van der Waals surface area contributed by atoms with Gasteiger partial charge in [0.15, 0.2) is 0 Å². The van der Waals surface area contributed by atoms with Crippen LogP contribution in [0.3, 0.4) is 0 Å². The maximum Gasteiger partial charge on any atom is 0.322 e. The number of pyridine rings is 1. The Balaban J connectivity index is 1.87. The third kappa shape index (κ3) is 2.93. The molecule has 2 rings (SSSR count). The van der Waals surface area contributed by atoms with E-state index in [1.165, 1.54) is 0 Å². The summed E-state index contributed by atoms with van der Waals surface area (Å²) in [6.07, 6.45) is 4.06. The summed E-state index contributed by atoms with van der Waals surface area (Å²) >= 11 is 0. The lowest BCUT2D eigenvalue weighted by atomic mass is 10.3. The van der Waals surface area contributed by atoms with E-state index in [2.05, 4.69) is 10.3 Å². The predicted molar refractivity (Wildman–Crippen MR) is 62.5 cm³/mol. The summed E-state index contributed by atoms with van der Waals surface area (Å²) in [4.78, 5) is 29.6. The topological polar surface area (TPSA) is 65.5 Å². The van der Waals surface area contributed by atoms with Gasteiger partial charge in [-0.25, -0.2) is 4.79 Å². The molecule has 0 bridgehead atoms. The van der Waals surface area contributed by atoms with Gasteiger partial charge in [-0.05, 0) is 12.1 Å². The Labute approximate surface area is 99.2 Å². The van der Waals surface area contributed by atoms with E-state index in [9.17, 15) is 9.59 Å². The smallest absolute Gasteiger partial charge is 0.322 e. The number of aromatic nitrogens is 1. The summed E-state index contributed by atoms with van der Waals surface area (Å²) in [5.41, 5.74) is 0.676. The molecule has 6 heteroatoms. The molecular formula is C11H14N4O2. The lowest BCUT2D eigenvalue weighted by Crippen LogP contribution is -2.49. The Bertz CT molecular complexity index is 388. The van der Waals surface area contributed by atoms with E-state index in [1.807, 2.05) is 0 Å². The third-order valence-corrected chi connectivity index (χ3v) is 2.66. The molecule has 90 valence electrons. The molecule has 6 nitrogen and oxygen atoms in total. The van der Waals surface area contributed by atoms with Crippen molar-refractivity contribution in [3.05, 3.63) is 24.5 Å². The SMILES string of the molecule is O=CN1CCN(C(=O)Nc2cccnc2)CC1. The second-order valence-corrected chi connectivity index (χ2v) is 3.80. The van der Waals surface area contributed by atoms with Gasteiger partial charge < -0.3 is 15.1 Å². The second-order valence-electron chi connectivity index (χ2n) is 3.80. The van der Waals surface area contributed by atoms with Crippen LogP contribution in [0.1, 0.15) is 0 Å². The molecule has 1 saturated heterocycles. The first-order valence-electron chi connectivity index (χ1n) is 5.45. The average Bonchev–Trinajstić information content (AvgIpc) is 2.40. The Morgan fingerprint density at radius 1 is 1.35 bits per heavy atom. The molecule has 1 N–H and O–H groups in total. The van der Waals surface area contributed by atoms with Gasteiger partial charge in [0.25, 0.3) is 0 Å². The second kappa shape index (κ2) is 5.29. The number of urea groups is 1. The number of rotatable bonds is 2. The highest BCUT2D eigenvalue weighted by molar-refractivity contribution is 5.89. The molecule has 0 unspecified atom stereocenters. The summed E-state index contributed by atoms with van der Waals surface area (Å²) in [6.45, 7) is 2.30. The highest BCUT2D eigenvalue weighted by Gasteiger charge is 2.19. The summed E-state index contributed by atoms with van der Waals surface area (Å²) in [7, 11) is 0. The minimum atomic E-state index is -0.149. The molecule has 2 heterocycles. The number of hydrogen-bond donors (Lipinski definition) is 1. The molecular weight excluding hydrogens is 220 g/mol. The van der Waals surface area contributed by atoms with E-state index in [0.717, 1.165) is 6.41 Å². The largest absolute Gasteiger partial charge is 0.342 e. The van der Waals surface area contributed by atoms with Gasteiger partial charge in [0.1, 0.15) is 0 Å². The lowest BCUT2D eigenvalue weighted by molar-refractivity contribution is -0.119. The molecule has 0 spiro atoms. The monoisotopic (exact) mass is 234 g/mol. The highest BCUT2D eigenvalue weighted by atomic mass is 16.2. The summed E-state index contributed by atoms with van der Waals surface area (Å²) in [5, 5.41) is 2.76. The molecule has 3 amide bonds. The summed E-state index contributed by atoms with van der Waals surface area (Å²) in [5.74, 6) is 0. The van der Waals surface area contributed by atoms with Crippen molar-refractivity contribution in [3.63, 3.8) is 0 Å². The molecule has 0 aromatic carbocycles. The minimum Gasteiger partial charge on any atom is -0.342 e. The highest BCUT2D eigenvalue weighted by Crippen LogP contribution is 2.06. The van der Waals surface area contributed by atoms with Crippen molar-refractivity contribution in [2.45, 2.75) is 0 Å². The van der Waals surface area contributed by atoms with E-state index >= 15 is 0 Å². The molecule has 1 aliphatic heterocycles. The lowest BCUT2D eigenvalue weighted by Gasteiger charge is -2.32. The average molecular weight is 234 g/mol. The van der Waals surface area contributed by atoms with Crippen molar-refractivity contribution in [1.82, 2.24) is 14.8 Å². The predicted octanol–water partition coefficient (Wildman–Crippen LogP) is 0.387. The van der Waals surface area contributed by atoms with Gasteiger partial charge in [0, 0.05) is 32.4 Å². The first-order valence-corrected chi connectivity index (χ1v) is 5.45. The van der Waals surface area contributed by atoms with Crippen LogP contribution in [0.5, 0.6) is 0 Å². The van der Waals surface area contributed by atoms with Gasteiger partial charge in [-0.2, -0.15) is 0 Å². The normalized spacial score (nSPS) is 15.5. The van der Waals surface area contributed by atoms with Crippen LogP contribution in [0, 0.1) is 0 Å². The Morgan fingerprint density at radius 3 is 2.71 bits per heavy atom. The number of carbonyl (C=O) groups is 2. The molecule has 1 aliphatic rings. The van der Waals surface area contributed by atoms with Crippen LogP contribution in [0.2, 0.25) is 0 Å². The fourth-order valence-electron chi connectivity index (χ4n) is 1.67. The molecule has 1 aromatic rings. The number of nitrogens with zero attached hydrogens (tertiary/aromatic N) is 3. The molecule has 0 saturated carbocycles. The third-order valence-electron chi connectivity index (χ3n) is 2.66. The molecule has 0 aliphatic carbocycles. The fourth-order valence-corrected chi connectivity index (χ4v) is 1.67.